The number of rotatable bonds is 18. The molecule has 0 aliphatic heterocycles. The van der Waals surface area contributed by atoms with Crippen molar-refractivity contribution in [3.05, 3.63) is 29.8 Å². The molecule has 0 saturated heterocycles. The number of carbonyl (C=O) groups excluding carboxylic acids is 3. The van der Waals surface area contributed by atoms with E-state index < -0.39 is 62.8 Å². The van der Waals surface area contributed by atoms with Gasteiger partial charge in [0.15, 0.2) is 0 Å². The molecule has 0 saturated carbocycles. The van der Waals surface area contributed by atoms with Crippen molar-refractivity contribution in [2.24, 2.45) is 0 Å². The molecule has 3 amide bonds. The minimum absolute atomic E-state index is 0.00797. The van der Waals surface area contributed by atoms with Crippen LogP contribution < -0.4 is 20.9 Å². The summed E-state index contributed by atoms with van der Waals surface area (Å²) in [5, 5.41) is 13.8. The number of unbranched alkanes of at least 4 members (excludes halogenated alkanes) is 1. The summed E-state index contributed by atoms with van der Waals surface area (Å²) in [7, 11) is -11.1. The van der Waals surface area contributed by atoms with Crippen LogP contribution in [0.1, 0.15) is 45.6 Å². The van der Waals surface area contributed by atoms with Crippen molar-refractivity contribution >= 4 is 62.0 Å². The first-order valence-electron chi connectivity index (χ1n) is 13.6. The van der Waals surface area contributed by atoms with E-state index >= 15 is 0 Å². The zero-order chi connectivity index (χ0) is 33.8. The fraction of sp³-hybridized carbons (Fsp3) is 0.640. The highest BCUT2D eigenvalue weighted by Crippen LogP contribution is 2.69. The lowest BCUT2D eigenvalue weighted by Crippen LogP contribution is -2.51. The van der Waals surface area contributed by atoms with Gasteiger partial charge in [0, 0.05) is 43.5 Å². The van der Waals surface area contributed by atoms with Crippen LogP contribution in [0.4, 0.5) is 10.5 Å². The SMILES string of the molecule is CC(C)(C)OC(=O)N[C@@H](Cc1ccc(N(CCCl)CCCl)cc1)C(=O)NCC(=O)NCCCCC(O)(P(=O)(O)O)P(=O)(O)O. The van der Waals surface area contributed by atoms with Crippen molar-refractivity contribution in [2.75, 3.05) is 42.8 Å². The van der Waals surface area contributed by atoms with E-state index in [2.05, 4.69) is 16.0 Å². The van der Waals surface area contributed by atoms with Crippen molar-refractivity contribution < 1.29 is 52.9 Å². The Kier molecular flexibility index (Phi) is 16.1. The maximum Gasteiger partial charge on any atom is 0.408 e. The largest absolute Gasteiger partial charge is 0.444 e. The van der Waals surface area contributed by atoms with Gasteiger partial charge in [0.05, 0.1) is 6.54 Å². The molecule has 0 unspecified atom stereocenters. The van der Waals surface area contributed by atoms with Crippen LogP contribution in [0.25, 0.3) is 0 Å². The van der Waals surface area contributed by atoms with Crippen molar-refractivity contribution in [3.63, 3.8) is 0 Å². The number of ether oxygens (including phenoxy) is 1. The van der Waals surface area contributed by atoms with Crippen LogP contribution >= 0.6 is 38.4 Å². The van der Waals surface area contributed by atoms with Crippen LogP contribution in [0.3, 0.4) is 0 Å². The number of nitrogens with zero attached hydrogens (tertiary/aromatic N) is 1. The van der Waals surface area contributed by atoms with Gasteiger partial charge >= 0.3 is 21.3 Å². The number of alkyl carbamates (subject to hydrolysis) is 1. The smallest absolute Gasteiger partial charge is 0.408 e. The Morgan fingerprint density at radius 1 is 0.932 bits per heavy atom. The Bertz CT molecular complexity index is 1160. The predicted octanol–water partition coefficient (Wildman–Crippen LogP) is 1.81. The Morgan fingerprint density at radius 3 is 1.95 bits per heavy atom. The van der Waals surface area contributed by atoms with E-state index in [4.69, 9.17) is 27.9 Å². The number of halogens is 2. The van der Waals surface area contributed by atoms with Crippen molar-refractivity contribution in [1.82, 2.24) is 16.0 Å². The van der Waals surface area contributed by atoms with Gasteiger partial charge in [-0.3, -0.25) is 18.7 Å². The first kappa shape index (κ1) is 40.1. The molecule has 0 aliphatic rings. The van der Waals surface area contributed by atoms with E-state index in [9.17, 15) is 48.2 Å². The van der Waals surface area contributed by atoms with E-state index in [1.54, 1.807) is 32.9 Å². The van der Waals surface area contributed by atoms with Crippen molar-refractivity contribution in [3.8, 4) is 0 Å². The van der Waals surface area contributed by atoms with E-state index in [1.807, 2.05) is 17.0 Å². The molecule has 1 rings (SSSR count). The number of hydrogen-bond acceptors (Lipinski definition) is 8. The number of hydrogen-bond donors (Lipinski definition) is 8. The Labute approximate surface area is 266 Å². The van der Waals surface area contributed by atoms with Crippen molar-refractivity contribution in [1.29, 1.82) is 0 Å². The minimum Gasteiger partial charge on any atom is -0.444 e. The molecule has 8 N–H and O–H groups in total. The summed E-state index contributed by atoms with van der Waals surface area (Å²) in [4.78, 5) is 76.4. The highest BCUT2D eigenvalue weighted by Gasteiger charge is 2.58. The summed E-state index contributed by atoms with van der Waals surface area (Å²) in [6, 6.07) is 6.14. The summed E-state index contributed by atoms with van der Waals surface area (Å²) in [5.74, 6) is -0.498. The third-order valence-electron chi connectivity index (χ3n) is 6.07. The van der Waals surface area contributed by atoms with Crippen LogP contribution in [0.5, 0.6) is 0 Å². The second kappa shape index (κ2) is 17.7. The van der Waals surface area contributed by atoms with Crippen LogP contribution in [0.2, 0.25) is 0 Å². The lowest BCUT2D eigenvalue weighted by atomic mass is 10.0. The van der Waals surface area contributed by atoms with E-state index in [0.29, 0.717) is 30.4 Å². The summed E-state index contributed by atoms with van der Waals surface area (Å²) in [6.07, 6.45) is -1.91. The van der Waals surface area contributed by atoms with Gasteiger partial charge in [-0.05, 0) is 57.7 Å². The lowest BCUT2D eigenvalue weighted by molar-refractivity contribution is -0.127. The van der Waals surface area contributed by atoms with Gasteiger partial charge in [-0.25, -0.2) is 4.79 Å². The lowest BCUT2D eigenvalue weighted by Gasteiger charge is -2.29. The molecule has 15 nitrogen and oxygen atoms in total. The van der Waals surface area contributed by atoms with Gasteiger partial charge in [-0.15, -0.1) is 23.2 Å². The van der Waals surface area contributed by atoms with Gasteiger partial charge in [0.2, 0.25) is 11.8 Å². The molecule has 1 aromatic rings. The molecule has 1 atom stereocenters. The highest BCUT2D eigenvalue weighted by atomic mass is 35.5. The molecule has 19 heteroatoms. The number of benzene rings is 1. The highest BCUT2D eigenvalue weighted by molar-refractivity contribution is 7.72. The summed E-state index contributed by atoms with van der Waals surface area (Å²) < 4.78 is 28.1. The second-order valence-corrected chi connectivity index (χ2v) is 15.6. The molecule has 1 aromatic carbocycles. The van der Waals surface area contributed by atoms with Crippen LogP contribution in [0.15, 0.2) is 24.3 Å². The number of nitrogens with one attached hydrogen (secondary N) is 3. The van der Waals surface area contributed by atoms with Gasteiger partial charge in [-0.2, -0.15) is 0 Å². The molecule has 0 bridgehead atoms. The number of aliphatic hydroxyl groups is 1. The van der Waals surface area contributed by atoms with Gasteiger partial charge in [-0.1, -0.05) is 12.1 Å². The molecule has 252 valence electrons. The Balaban J connectivity index is 2.79. The summed E-state index contributed by atoms with van der Waals surface area (Å²) >= 11 is 11.8. The third-order valence-corrected chi connectivity index (χ3v) is 10.3. The maximum absolute atomic E-state index is 13.0. The summed E-state index contributed by atoms with van der Waals surface area (Å²) in [5.41, 5.74) is 0.755. The van der Waals surface area contributed by atoms with Gasteiger partial charge < -0.3 is 50.3 Å². The Hall–Kier alpha value is -1.93. The second-order valence-electron chi connectivity index (χ2n) is 10.8. The molecule has 44 heavy (non-hydrogen) atoms. The fourth-order valence-electron chi connectivity index (χ4n) is 3.84. The Morgan fingerprint density at radius 2 is 1.48 bits per heavy atom. The van der Waals surface area contributed by atoms with Crippen LogP contribution in [0, 0.1) is 0 Å². The summed E-state index contributed by atoms with van der Waals surface area (Å²) in [6.45, 7) is 5.60. The molecule has 0 heterocycles. The number of alkyl halides is 2. The van der Waals surface area contributed by atoms with Gasteiger partial charge in [0.25, 0.3) is 5.08 Å². The number of amides is 3. The molecule has 0 fully saturated rings. The van der Waals surface area contributed by atoms with E-state index in [-0.39, 0.29) is 25.8 Å². The van der Waals surface area contributed by atoms with Crippen LogP contribution in [-0.4, -0.2) is 97.3 Å². The minimum atomic E-state index is -5.56. The van der Waals surface area contributed by atoms with Crippen molar-refractivity contribution in [2.45, 2.75) is 63.2 Å². The van der Waals surface area contributed by atoms with E-state index in [1.165, 1.54) is 0 Å². The first-order valence-corrected chi connectivity index (χ1v) is 17.9. The normalized spacial score (nSPS) is 13.1. The first-order chi connectivity index (χ1) is 20.2. The average Bonchev–Trinajstić information content (AvgIpc) is 2.89. The molecular formula is C25H42Cl2N4O11P2. The maximum atomic E-state index is 13.0. The van der Waals surface area contributed by atoms with Gasteiger partial charge in [0.1, 0.15) is 11.6 Å². The zero-order valence-electron chi connectivity index (χ0n) is 24.7. The predicted molar refractivity (Wildman–Crippen MR) is 166 cm³/mol. The molecule has 0 aliphatic carbocycles. The zero-order valence-corrected chi connectivity index (χ0v) is 28.0. The average molecular weight is 707 g/mol. The monoisotopic (exact) mass is 706 g/mol. The topological polar surface area (TPSA) is 235 Å². The van der Waals surface area contributed by atoms with E-state index in [0.717, 1.165) is 5.69 Å². The standard InChI is InChI=1S/C25H42Cl2N4O11P2/c1-24(2,3)42-23(34)30-20(16-18-6-8-19(9-7-18)31(14-11-26)15-12-27)22(33)29-17-21(32)28-13-5-4-10-25(35,43(36,37)38)44(39,40)41/h6-9,20,35H,4-5,10-17H2,1-3H3,(H,28,32)(H,29,33)(H,30,34)(H2,36,37,38)(H2,39,40,41)/t20-/m0/s1. The quantitative estimate of drug-likeness (QED) is 0.0620. The molecular weight excluding hydrogens is 665 g/mol. The van der Waals surface area contributed by atoms with Crippen LogP contribution in [-0.2, 0) is 29.9 Å². The molecule has 0 aromatic heterocycles. The molecule has 0 spiro atoms. The number of carbonyl (C=O) groups is 3. The fourth-order valence-corrected chi connectivity index (χ4v) is 6.51. The molecule has 0 radical (unpaired) electrons. The number of anilines is 1. The third kappa shape index (κ3) is 13.6.